The predicted octanol–water partition coefficient (Wildman–Crippen LogP) is 4.89. The molecule has 0 aromatic heterocycles. The number of thiocarbonyl (C=S) groups is 1. The number of amides is 1. The van der Waals surface area contributed by atoms with Crippen LogP contribution >= 0.6 is 12.2 Å². The molecule has 0 heterocycles. The lowest BCUT2D eigenvalue weighted by molar-refractivity contribution is -0.144. The van der Waals surface area contributed by atoms with Gasteiger partial charge in [-0.25, -0.2) is 0 Å². The molecule has 0 aliphatic heterocycles. The van der Waals surface area contributed by atoms with Gasteiger partial charge in [0, 0.05) is 11.8 Å². The number of rotatable bonds is 5. The van der Waals surface area contributed by atoms with Gasteiger partial charge in [0.15, 0.2) is 5.11 Å². The number of anilines is 1. The quantitative estimate of drug-likeness (QED) is 0.707. The summed E-state index contributed by atoms with van der Waals surface area (Å²) in [6.45, 7) is 4.15. The number of carbonyl (C=O) groups excluding carboxylic acids is 1. The van der Waals surface area contributed by atoms with Crippen molar-refractivity contribution < 1.29 is 9.53 Å². The lowest BCUT2D eigenvalue weighted by Gasteiger charge is -2.55. The second-order valence-electron chi connectivity index (χ2n) is 8.97. The van der Waals surface area contributed by atoms with E-state index < -0.39 is 0 Å². The topological polar surface area (TPSA) is 50.4 Å². The average Bonchev–Trinajstić information content (AvgIpc) is 2.60. The van der Waals surface area contributed by atoms with Gasteiger partial charge in [-0.3, -0.25) is 4.79 Å². The number of nitrogens with one attached hydrogen (secondary N) is 2. The summed E-state index contributed by atoms with van der Waals surface area (Å²) < 4.78 is 5.86. The Kier molecular flexibility index (Phi) is 5.15. The number of carbonyl (C=O) groups is 1. The number of hydrogen-bond donors (Lipinski definition) is 2. The van der Waals surface area contributed by atoms with E-state index in [-0.39, 0.29) is 17.4 Å². The fourth-order valence-electron chi connectivity index (χ4n) is 5.75. The molecule has 4 nitrogen and oxygen atoms in total. The third-order valence-electron chi connectivity index (χ3n) is 6.75. The summed E-state index contributed by atoms with van der Waals surface area (Å²) in [4.78, 5) is 13.1. The largest absolute Gasteiger partial charge is 0.491 e. The molecule has 4 fully saturated rings. The van der Waals surface area contributed by atoms with E-state index >= 15 is 0 Å². The normalized spacial score (nSPS) is 32.0. The minimum Gasteiger partial charge on any atom is -0.491 e. The van der Waals surface area contributed by atoms with Gasteiger partial charge in [0.1, 0.15) is 5.75 Å². The summed E-state index contributed by atoms with van der Waals surface area (Å²) in [5, 5.41) is 6.54. The van der Waals surface area contributed by atoms with Crippen LogP contribution in [0.15, 0.2) is 24.3 Å². The van der Waals surface area contributed by atoms with E-state index in [2.05, 4.69) is 24.5 Å². The summed E-state index contributed by atoms with van der Waals surface area (Å²) in [6.07, 6.45) is 8.26. The Balaban J connectivity index is 1.37. The van der Waals surface area contributed by atoms with Crippen molar-refractivity contribution in [2.75, 3.05) is 5.32 Å². The Morgan fingerprint density at radius 2 is 1.85 bits per heavy atom. The van der Waals surface area contributed by atoms with E-state index in [0.717, 1.165) is 54.9 Å². The zero-order chi connectivity index (χ0) is 19.0. The van der Waals surface area contributed by atoms with Crippen LogP contribution < -0.4 is 15.4 Å². The van der Waals surface area contributed by atoms with E-state index in [1.807, 2.05) is 24.3 Å². The van der Waals surface area contributed by atoms with Crippen molar-refractivity contribution >= 4 is 28.9 Å². The molecule has 1 amide bonds. The molecule has 0 saturated heterocycles. The molecule has 27 heavy (non-hydrogen) atoms. The van der Waals surface area contributed by atoms with Crippen LogP contribution in [-0.2, 0) is 4.79 Å². The highest BCUT2D eigenvalue weighted by Gasteiger charge is 2.54. The number of ether oxygens (including phenoxy) is 1. The fourth-order valence-corrected chi connectivity index (χ4v) is 5.96. The lowest BCUT2D eigenvalue weighted by Crippen LogP contribution is -2.55. The number of benzene rings is 1. The summed E-state index contributed by atoms with van der Waals surface area (Å²) >= 11 is 5.44. The average molecular weight is 387 g/mol. The predicted molar refractivity (Wildman–Crippen MR) is 112 cm³/mol. The van der Waals surface area contributed by atoms with Crippen molar-refractivity contribution in [1.82, 2.24) is 5.32 Å². The molecule has 4 aliphatic carbocycles. The summed E-state index contributed by atoms with van der Waals surface area (Å²) in [5.74, 6) is 3.18. The Labute approximate surface area is 167 Å². The van der Waals surface area contributed by atoms with Crippen LogP contribution in [0.4, 0.5) is 5.69 Å². The van der Waals surface area contributed by atoms with Crippen LogP contribution in [0.5, 0.6) is 5.75 Å². The molecule has 1 unspecified atom stereocenters. The van der Waals surface area contributed by atoms with Gasteiger partial charge < -0.3 is 15.4 Å². The van der Waals surface area contributed by atoms with Crippen molar-refractivity contribution in [1.29, 1.82) is 0 Å². The molecular weight excluding hydrogens is 356 g/mol. The van der Waals surface area contributed by atoms with Crippen LogP contribution in [0, 0.1) is 23.2 Å². The van der Waals surface area contributed by atoms with E-state index in [1.165, 1.54) is 19.3 Å². The fraction of sp³-hybridized carbons (Fsp3) is 0.636. The first-order valence-corrected chi connectivity index (χ1v) is 10.8. The van der Waals surface area contributed by atoms with Gasteiger partial charge in [0.2, 0.25) is 5.91 Å². The van der Waals surface area contributed by atoms with Crippen LogP contribution in [0.3, 0.4) is 0 Å². The highest BCUT2D eigenvalue weighted by atomic mass is 32.1. The van der Waals surface area contributed by atoms with Crippen LogP contribution in [-0.4, -0.2) is 17.1 Å². The first-order valence-electron chi connectivity index (χ1n) is 10.3. The standard InChI is InChI=1S/C22H30N2O2S/c1-3-14(2)26-19-6-4-5-18(10-19)23-21(27)24-20(25)22-11-15-7-16(12-22)9-17(8-15)13-22/h4-6,10,14-17H,3,7-9,11-13H2,1-2H3,(H2,23,24,25,27). The Morgan fingerprint density at radius 1 is 1.22 bits per heavy atom. The first kappa shape index (κ1) is 18.7. The van der Waals surface area contributed by atoms with Crippen LogP contribution in [0.25, 0.3) is 0 Å². The molecule has 0 radical (unpaired) electrons. The molecule has 1 aromatic rings. The molecular formula is C22H30N2O2S. The monoisotopic (exact) mass is 386 g/mol. The van der Waals surface area contributed by atoms with E-state index in [9.17, 15) is 4.79 Å². The zero-order valence-corrected chi connectivity index (χ0v) is 17.1. The molecule has 5 rings (SSSR count). The lowest BCUT2D eigenvalue weighted by atomic mass is 9.49. The molecule has 5 heteroatoms. The highest BCUT2D eigenvalue weighted by molar-refractivity contribution is 7.80. The molecule has 146 valence electrons. The van der Waals surface area contributed by atoms with Gasteiger partial charge in [-0.2, -0.15) is 0 Å². The Hall–Kier alpha value is -1.62. The first-order chi connectivity index (χ1) is 13.0. The minimum atomic E-state index is -0.179. The van der Waals surface area contributed by atoms with Crippen molar-refractivity contribution in [3.05, 3.63) is 24.3 Å². The van der Waals surface area contributed by atoms with Gasteiger partial charge in [-0.1, -0.05) is 13.0 Å². The van der Waals surface area contributed by atoms with Crippen LogP contribution in [0.1, 0.15) is 58.8 Å². The van der Waals surface area contributed by atoms with Crippen molar-refractivity contribution in [3.8, 4) is 5.75 Å². The molecule has 1 aromatic carbocycles. The van der Waals surface area contributed by atoms with Gasteiger partial charge in [-0.15, -0.1) is 0 Å². The molecule has 4 bridgehead atoms. The minimum absolute atomic E-state index is 0.131. The van der Waals surface area contributed by atoms with Crippen molar-refractivity contribution in [2.45, 2.75) is 64.9 Å². The third-order valence-corrected chi connectivity index (χ3v) is 6.96. The van der Waals surface area contributed by atoms with Crippen molar-refractivity contribution in [2.24, 2.45) is 23.2 Å². The smallest absolute Gasteiger partial charge is 0.232 e. The van der Waals surface area contributed by atoms with E-state index in [0.29, 0.717) is 5.11 Å². The van der Waals surface area contributed by atoms with E-state index in [1.54, 1.807) is 0 Å². The van der Waals surface area contributed by atoms with E-state index in [4.69, 9.17) is 17.0 Å². The summed E-state index contributed by atoms with van der Waals surface area (Å²) in [7, 11) is 0. The third kappa shape index (κ3) is 3.98. The maximum absolute atomic E-state index is 13.1. The second-order valence-corrected chi connectivity index (χ2v) is 9.38. The Morgan fingerprint density at radius 3 is 2.44 bits per heavy atom. The van der Waals surface area contributed by atoms with Gasteiger partial charge in [0.05, 0.1) is 11.5 Å². The molecule has 4 aliphatic rings. The molecule has 2 N–H and O–H groups in total. The van der Waals surface area contributed by atoms with Crippen LogP contribution in [0.2, 0.25) is 0 Å². The van der Waals surface area contributed by atoms with Crippen molar-refractivity contribution in [3.63, 3.8) is 0 Å². The summed E-state index contributed by atoms with van der Waals surface area (Å²) in [5.41, 5.74) is 0.661. The number of hydrogen-bond acceptors (Lipinski definition) is 3. The molecule has 0 spiro atoms. The van der Waals surface area contributed by atoms with Gasteiger partial charge in [-0.05, 0) is 94.0 Å². The van der Waals surface area contributed by atoms with Gasteiger partial charge >= 0.3 is 0 Å². The maximum Gasteiger partial charge on any atom is 0.232 e. The molecule has 4 saturated carbocycles. The zero-order valence-electron chi connectivity index (χ0n) is 16.3. The second kappa shape index (κ2) is 7.42. The molecule has 1 atom stereocenters. The maximum atomic E-state index is 13.1. The SMILES string of the molecule is CCC(C)Oc1cccc(NC(=S)NC(=O)C23CC4CC(CC(C4)C2)C3)c1. The summed E-state index contributed by atoms with van der Waals surface area (Å²) in [6, 6.07) is 7.74. The van der Waals surface area contributed by atoms with Gasteiger partial charge in [0.25, 0.3) is 0 Å². The highest BCUT2D eigenvalue weighted by Crippen LogP contribution is 2.60. The Bertz CT molecular complexity index is 697.